The van der Waals surface area contributed by atoms with Gasteiger partial charge in [-0.2, -0.15) is 26.3 Å². The van der Waals surface area contributed by atoms with Gasteiger partial charge in [0.25, 0.3) is 0 Å². The van der Waals surface area contributed by atoms with Crippen LogP contribution in [-0.2, 0) is 28.6 Å². The van der Waals surface area contributed by atoms with E-state index >= 15 is 0 Å². The summed E-state index contributed by atoms with van der Waals surface area (Å²) in [7, 11) is 0. The van der Waals surface area contributed by atoms with E-state index in [1.807, 2.05) is 0 Å². The SMILES string of the molecule is CCC(CC(C)(C)C(=O)OC(CC(=O)OC(C)C(F)(F)F)C1CCCCC1)C(=O)OC(C)C(F)(F)F. The van der Waals surface area contributed by atoms with Gasteiger partial charge in [-0.3, -0.25) is 14.4 Å². The Morgan fingerprint density at radius 2 is 1.33 bits per heavy atom. The molecule has 1 rings (SSSR count). The summed E-state index contributed by atoms with van der Waals surface area (Å²) in [6.45, 7) is 5.86. The van der Waals surface area contributed by atoms with Crippen molar-refractivity contribution in [1.82, 2.24) is 0 Å². The summed E-state index contributed by atoms with van der Waals surface area (Å²) in [5.74, 6) is -4.35. The van der Waals surface area contributed by atoms with Crippen molar-refractivity contribution in [3.8, 4) is 0 Å². The Kier molecular flexibility index (Phi) is 11.5. The third-order valence-corrected chi connectivity index (χ3v) is 6.46. The fraction of sp³-hybridized carbons (Fsp3) is 0.875. The monoisotopic (exact) mass is 534 g/mol. The number of carbonyl (C=O) groups excluding carboxylic acids is 3. The molecule has 0 bridgehead atoms. The van der Waals surface area contributed by atoms with Crippen LogP contribution in [0.5, 0.6) is 0 Å². The molecule has 0 heterocycles. The van der Waals surface area contributed by atoms with E-state index in [1.54, 1.807) is 6.92 Å². The van der Waals surface area contributed by atoms with E-state index in [9.17, 15) is 40.7 Å². The first-order valence-corrected chi connectivity index (χ1v) is 12.1. The van der Waals surface area contributed by atoms with E-state index in [4.69, 9.17) is 4.74 Å². The lowest BCUT2D eigenvalue weighted by molar-refractivity contribution is -0.219. The van der Waals surface area contributed by atoms with Gasteiger partial charge in [-0.15, -0.1) is 0 Å². The van der Waals surface area contributed by atoms with E-state index in [-0.39, 0.29) is 18.8 Å². The summed E-state index contributed by atoms with van der Waals surface area (Å²) in [6, 6.07) is 0. The Labute approximate surface area is 207 Å². The first-order chi connectivity index (χ1) is 16.4. The lowest BCUT2D eigenvalue weighted by atomic mass is 9.81. The number of carbonyl (C=O) groups is 3. The zero-order valence-corrected chi connectivity index (χ0v) is 21.3. The van der Waals surface area contributed by atoms with Gasteiger partial charge in [-0.05, 0) is 59.3 Å². The van der Waals surface area contributed by atoms with Crippen molar-refractivity contribution < 1.29 is 54.9 Å². The second-order valence-corrected chi connectivity index (χ2v) is 10.0. The molecule has 0 aliphatic heterocycles. The van der Waals surface area contributed by atoms with Crippen LogP contribution < -0.4 is 0 Å². The molecule has 0 N–H and O–H groups in total. The summed E-state index contributed by atoms with van der Waals surface area (Å²) in [6.07, 6.45) is -12.0. The zero-order valence-electron chi connectivity index (χ0n) is 21.3. The van der Waals surface area contributed by atoms with Crippen LogP contribution in [0.25, 0.3) is 0 Å². The summed E-state index contributed by atoms with van der Waals surface area (Å²) < 4.78 is 91.2. The van der Waals surface area contributed by atoms with Crippen molar-refractivity contribution in [1.29, 1.82) is 0 Å². The molecule has 0 aromatic heterocycles. The molecule has 4 atom stereocenters. The van der Waals surface area contributed by atoms with Gasteiger partial charge in [0.1, 0.15) is 6.10 Å². The second-order valence-electron chi connectivity index (χ2n) is 10.0. The van der Waals surface area contributed by atoms with Gasteiger partial charge >= 0.3 is 30.3 Å². The third kappa shape index (κ3) is 10.2. The molecule has 0 aromatic carbocycles. The molecule has 0 radical (unpaired) electrons. The first kappa shape index (κ1) is 32.0. The molecule has 1 aliphatic rings. The summed E-state index contributed by atoms with van der Waals surface area (Å²) >= 11 is 0. The highest BCUT2D eigenvalue weighted by molar-refractivity contribution is 5.79. The molecule has 0 amide bonds. The molecular weight excluding hydrogens is 498 g/mol. The lowest BCUT2D eigenvalue weighted by Crippen LogP contribution is -2.40. The number of alkyl halides is 6. The van der Waals surface area contributed by atoms with Crippen molar-refractivity contribution in [3.05, 3.63) is 0 Å². The van der Waals surface area contributed by atoms with E-state index in [0.717, 1.165) is 19.3 Å². The molecule has 6 nitrogen and oxygen atoms in total. The Hall–Kier alpha value is -2.01. The predicted octanol–water partition coefficient (Wildman–Crippen LogP) is 6.30. The quantitative estimate of drug-likeness (QED) is 0.176. The topological polar surface area (TPSA) is 78.9 Å². The lowest BCUT2D eigenvalue weighted by Gasteiger charge is -2.33. The van der Waals surface area contributed by atoms with Gasteiger partial charge in [0, 0.05) is 0 Å². The normalized spacial score (nSPS) is 19.1. The maximum absolute atomic E-state index is 13.0. The number of rotatable bonds is 11. The van der Waals surface area contributed by atoms with Gasteiger partial charge in [0.2, 0.25) is 0 Å². The third-order valence-electron chi connectivity index (χ3n) is 6.46. The maximum atomic E-state index is 13.0. The van der Waals surface area contributed by atoms with Crippen LogP contribution in [0, 0.1) is 17.3 Å². The molecular formula is C24H36F6O6. The summed E-state index contributed by atoms with van der Waals surface area (Å²) in [5.41, 5.74) is -1.35. The number of hydrogen-bond donors (Lipinski definition) is 0. The van der Waals surface area contributed by atoms with E-state index < -0.39 is 66.3 Å². The zero-order chi connectivity index (χ0) is 27.9. The number of hydrogen-bond acceptors (Lipinski definition) is 6. The van der Waals surface area contributed by atoms with Crippen LogP contribution >= 0.6 is 0 Å². The predicted molar refractivity (Wildman–Crippen MR) is 116 cm³/mol. The maximum Gasteiger partial charge on any atom is 0.425 e. The number of halogens is 6. The first-order valence-electron chi connectivity index (χ1n) is 12.1. The van der Waals surface area contributed by atoms with Gasteiger partial charge in [0.15, 0.2) is 12.2 Å². The Balaban J connectivity index is 2.93. The van der Waals surface area contributed by atoms with Crippen LogP contribution in [0.3, 0.4) is 0 Å². The second kappa shape index (κ2) is 13.0. The van der Waals surface area contributed by atoms with Gasteiger partial charge < -0.3 is 14.2 Å². The van der Waals surface area contributed by atoms with Gasteiger partial charge in [-0.1, -0.05) is 26.2 Å². The molecule has 0 saturated heterocycles. The molecule has 12 heteroatoms. The average Bonchev–Trinajstić information content (AvgIpc) is 2.76. The Bertz CT molecular complexity index is 742. The van der Waals surface area contributed by atoms with Crippen LogP contribution in [0.15, 0.2) is 0 Å². The summed E-state index contributed by atoms with van der Waals surface area (Å²) in [4.78, 5) is 37.6. The average molecular weight is 535 g/mol. The highest BCUT2D eigenvalue weighted by Gasteiger charge is 2.43. The van der Waals surface area contributed by atoms with Crippen LogP contribution in [0.2, 0.25) is 0 Å². The molecule has 1 fully saturated rings. The van der Waals surface area contributed by atoms with Gasteiger partial charge in [-0.25, -0.2) is 0 Å². The Morgan fingerprint density at radius 3 is 1.81 bits per heavy atom. The minimum atomic E-state index is -4.73. The van der Waals surface area contributed by atoms with Gasteiger partial charge in [0.05, 0.1) is 17.8 Å². The molecule has 0 aromatic rings. The molecule has 0 spiro atoms. The van der Waals surface area contributed by atoms with Crippen LogP contribution in [0.1, 0.15) is 86.0 Å². The standard InChI is InChI=1S/C24H36F6O6/c1-6-16(20(32)35-15(3)24(28,29)30)13-22(4,5)21(33)36-18(17-10-8-7-9-11-17)12-19(31)34-14(2)23(25,26)27/h14-18H,6-13H2,1-5H3. The van der Waals surface area contributed by atoms with E-state index in [2.05, 4.69) is 9.47 Å². The molecule has 1 saturated carbocycles. The van der Waals surface area contributed by atoms with Crippen molar-refractivity contribution in [2.24, 2.45) is 17.3 Å². The van der Waals surface area contributed by atoms with Crippen molar-refractivity contribution in [2.75, 3.05) is 0 Å². The highest BCUT2D eigenvalue weighted by Crippen LogP contribution is 2.35. The van der Waals surface area contributed by atoms with Crippen molar-refractivity contribution >= 4 is 17.9 Å². The van der Waals surface area contributed by atoms with Crippen LogP contribution in [-0.4, -0.2) is 48.6 Å². The molecule has 210 valence electrons. The van der Waals surface area contributed by atoms with Crippen LogP contribution in [0.4, 0.5) is 26.3 Å². The number of ether oxygens (including phenoxy) is 3. The molecule has 36 heavy (non-hydrogen) atoms. The van der Waals surface area contributed by atoms with Crippen molar-refractivity contribution in [2.45, 2.75) is 117 Å². The van der Waals surface area contributed by atoms with Crippen molar-refractivity contribution in [3.63, 3.8) is 0 Å². The largest absolute Gasteiger partial charge is 0.461 e. The highest BCUT2D eigenvalue weighted by atomic mass is 19.4. The Morgan fingerprint density at radius 1 is 0.833 bits per heavy atom. The summed E-state index contributed by atoms with van der Waals surface area (Å²) in [5, 5.41) is 0. The van der Waals surface area contributed by atoms with E-state index in [1.165, 1.54) is 13.8 Å². The molecule has 1 aliphatic carbocycles. The fourth-order valence-electron chi connectivity index (χ4n) is 4.01. The number of esters is 3. The molecule has 4 unspecified atom stereocenters. The van der Waals surface area contributed by atoms with E-state index in [0.29, 0.717) is 26.7 Å². The fourth-order valence-corrected chi connectivity index (χ4v) is 4.01. The smallest absolute Gasteiger partial charge is 0.425 e. The minimum absolute atomic E-state index is 0.105. The minimum Gasteiger partial charge on any atom is -0.461 e.